The van der Waals surface area contributed by atoms with Crippen LogP contribution < -0.4 is 9.46 Å². The minimum Gasteiger partial charge on any atom is -0.495 e. The van der Waals surface area contributed by atoms with Crippen molar-refractivity contribution >= 4 is 15.9 Å². The molecule has 0 unspecified atom stereocenters. The Morgan fingerprint density at radius 2 is 1.96 bits per heavy atom. The van der Waals surface area contributed by atoms with Crippen molar-refractivity contribution in [2.75, 3.05) is 40.5 Å². The number of methoxy groups -OCH3 is 2. The Labute approximate surface area is 137 Å². The van der Waals surface area contributed by atoms with Gasteiger partial charge in [0, 0.05) is 33.7 Å². The molecule has 130 valence electrons. The summed E-state index contributed by atoms with van der Waals surface area (Å²) >= 11 is 0. The molecule has 0 heterocycles. The van der Waals surface area contributed by atoms with E-state index in [1.165, 1.54) is 18.9 Å². The number of sulfonamides is 1. The zero-order chi connectivity index (χ0) is 17.5. The summed E-state index contributed by atoms with van der Waals surface area (Å²) in [5, 5.41) is 0. The van der Waals surface area contributed by atoms with Gasteiger partial charge in [-0.3, -0.25) is 4.79 Å². The van der Waals surface area contributed by atoms with E-state index in [2.05, 4.69) is 4.72 Å². The highest BCUT2D eigenvalue weighted by Gasteiger charge is 2.20. The van der Waals surface area contributed by atoms with Crippen LogP contribution in [-0.2, 0) is 19.6 Å². The van der Waals surface area contributed by atoms with Gasteiger partial charge < -0.3 is 14.4 Å². The lowest BCUT2D eigenvalue weighted by Crippen LogP contribution is -2.39. The van der Waals surface area contributed by atoms with Crippen molar-refractivity contribution in [1.29, 1.82) is 0 Å². The Bertz CT molecular complexity index is 631. The highest BCUT2D eigenvalue weighted by molar-refractivity contribution is 7.89. The lowest BCUT2D eigenvalue weighted by molar-refractivity contribution is -0.129. The highest BCUT2D eigenvalue weighted by Crippen LogP contribution is 2.24. The molecule has 1 aromatic carbocycles. The average molecular weight is 344 g/mol. The lowest BCUT2D eigenvalue weighted by atomic mass is 10.2. The molecule has 0 aliphatic heterocycles. The number of ether oxygens (including phenoxy) is 2. The van der Waals surface area contributed by atoms with E-state index in [1.54, 1.807) is 32.2 Å². The molecule has 0 saturated heterocycles. The number of hydrogen-bond acceptors (Lipinski definition) is 5. The third-order valence-electron chi connectivity index (χ3n) is 3.29. The fourth-order valence-electron chi connectivity index (χ4n) is 2.01. The standard InChI is InChI=1S/C15H24N2O5S/c1-12-5-6-14(22-4)15(11-12)23(19,20)16-7-8-17(13(2)18)9-10-21-3/h5-6,11,16H,7-10H2,1-4H3. The van der Waals surface area contributed by atoms with Crippen molar-refractivity contribution in [3.05, 3.63) is 23.8 Å². The number of amides is 1. The first-order valence-corrected chi connectivity index (χ1v) is 8.69. The van der Waals surface area contributed by atoms with Gasteiger partial charge in [0.1, 0.15) is 10.6 Å². The SMILES string of the molecule is COCCN(CCNS(=O)(=O)c1cc(C)ccc1OC)C(C)=O. The third-order valence-corrected chi connectivity index (χ3v) is 4.78. The van der Waals surface area contributed by atoms with Crippen molar-refractivity contribution in [3.8, 4) is 5.75 Å². The Hall–Kier alpha value is -1.64. The van der Waals surface area contributed by atoms with Gasteiger partial charge in [0.2, 0.25) is 15.9 Å². The predicted octanol–water partition coefficient (Wildman–Crippen LogP) is 0.777. The van der Waals surface area contributed by atoms with Crippen LogP contribution in [0.1, 0.15) is 12.5 Å². The summed E-state index contributed by atoms with van der Waals surface area (Å²) in [6, 6.07) is 4.94. The van der Waals surface area contributed by atoms with E-state index in [0.29, 0.717) is 13.2 Å². The molecular formula is C15H24N2O5S. The van der Waals surface area contributed by atoms with Crippen LogP contribution in [0.15, 0.2) is 23.1 Å². The maximum Gasteiger partial charge on any atom is 0.244 e. The number of benzene rings is 1. The van der Waals surface area contributed by atoms with Crippen molar-refractivity contribution in [2.24, 2.45) is 0 Å². The van der Waals surface area contributed by atoms with Crippen molar-refractivity contribution in [3.63, 3.8) is 0 Å². The molecule has 0 aromatic heterocycles. The van der Waals surface area contributed by atoms with E-state index in [-0.39, 0.29) is 29.6 Å². The molecular weight excluding hydrogens is 320 g/mol. The summed E-state index contributed by atoms with van der Waals surface area (Å²) in [6.07, 6.45) is 0. The van der Waals surface area contributed by atoms with Crippen LogP contribution in [0.5, 0.6) is 5.75 Å². The Morgan fingerprint density at radius 1 is 1.26 bits per heavy atom. The number of nitrogens with one attached hydrogen (secondary N) is 1. The molecule has 0 bridgehead atoms. The van der Waals surface area contributed by atoms with Gasteiger partial charge in [-0.1, -0.05) is 6.07 Å². The molecule has 1 aromatic rings. The third kappa shape index (κ3) is 5.81. The zero-order valence-corrected chi connectivity index (χ0v) is 14.8. The lowest BCUT2D eigenvalue weighted by Gasteiger charge is -2.21. The molecule has 0 radical (unpaired) electrons. The second-order valence-electron chi connectivity index (χ2n) is 5.05. The van der Waals surface area contributed by atoms with Crippen LogP contribution in [0.2, 0.25) is 0 Å². The smallest absolute Gasteiger partial charge is 0.244 e. The van der Waals surface area contributed by atoms with Gasteiger partial charge in [-0.2, -0.15) is 0 Å². The molecule has 0 fully saturated rings. The summed E-state index contributed by atoms with van der Waals surface area (Å²) in [5.74, 6) is 0.153. The Morgan fingerprint density at radius 3 is 2.52 bits per heavy atom. The molecule has 0 atom stereocenters. The molecule has 1 rings (SSSR count). The van der Waals surface area contributed by atoms with Crippen LogP contribution in [0.25, 0.3) is 0 Å². The fourth-order valence-corrected chi connectivity index (χ4v) is 3.29. The molecule has 0 aliphatic carbocycles. The molecule has 7 nitrogen and oxygen atoms in total. The summed E-state index contributed by atoms with van der Waals surface area (Å²) in [6.45, 7) is 4.45. The Kier molecular flexibility index (Phi) is 7.47. The molecule has 0 saturated carbocycles. The highest BCUT2D eigenvalue weighted by atomic mass is 32.2. The van der Waals surface area contributed by atoms with Crippen LogP contribution >= 0.6 is 0 Å². The van der Waals surface area contributed by atoms with Crippen molar-refractivity contribution in [2.45, 2.75) is 18.7 Å². The van der Waals surface area contributed by atoms with Crippen molar-refractivity contribution in [1.82, 2.24) is 9.62 Å². The number of hydrogen-bond donors (Lipinski definition) is 1. The maximum atomic E-state index is 12.4. The molecule has 8 heteroatoms. The second kappa shape index (κ2) is 8.85. The maximum absolute atomic E-state index is 12.4. The normalized spacial score (nSPS) is 11.3. The van der Waals surface area contributed by atoms with Crippen LogP contribution in [0.3, 0.4) is 0 Å². The molecule has 1 amide bonds. The number of nitrogens with zero attached hydrogens (tertiary/aromatic N) is 1. The predicted molar refractivity (Wildman–Crippen MR) is 87.0 cm³/mol. The van der Waals surface area contributed by atoms with E-state index < -0.39 is 10.0 Å². The first-order valence-electron chi connectivity index (χ1n) is 7.20. The zero-order valence-electron chi connectivity index (χ0n) is 14.0. The number of aryl methyl sites for hydroxylation is 1. The monoisotopic (exact) mass is 344 g/mol. The van der Waals surface area contributed by atoms with Gasteiger partial charge in [0.15, 0.2) is 0 Å². The Balaban J connectivity index is 2.76. The van der Waals surface area contributed by atoms with Gasteiger partial charge in [-0.15, -0.1) is 0 Å². The minimum atomic E-state index is -3.71. The van der Waals surface area contributed by atoms with Gasteiger partial charge in [-0.05, 0) is 24.6 Å². The first kappa shape index (κ1) is 19.4. The summed E-state index contributed by atoms with van der Waals surface area (Å²) in [4.78, 5) is 13.1. The number of carbonyl (C=O) groups is 1. The fraction of sp³-hybridized carbons (Fsp3) is 0.533. The van der Waals surface area contributed by atoms with Gasteiger partial charge in [0.25, 0.3) is 0 Å². The van der Waals surface area contributed by atoms with Crippen LogP contribution in [-0.4, -0.2) is 59.7 Å². The van der Waals surface area contributed by atoms with Gasteiger partial charge in [-0.25, -0.2) is 13.1 Å². The summed E-state index contributed by atoms with van der Waals surface area (Å²) < 4.78 is 37.4. The van der Waals surface area contributed by atoms with Gasteiger partial charge in [0.05, 0.1) is 13.7 Å². The van der Waals surface area contributed by atoms with E-state index in [1.807, 2.05) is 0 Å². The first-order chi connectivity index (χ1) is 10.8. The molecule has 0 spiro atoms. The van der Waals surface area contributed by atoms with E-state index in [0.717, 1.165) is 5.56 Å². The van der Waals surface area contributed by atoms with E-state index >= 15 is 0 Å². The number of rotatable bonds is 9. The van der Waals surface area contributed by atoms with E-state index in [4.69, 9.17) is 9.47 Å². The molecule has 23 heavy (non-hydrogen) atoms. The number of carbonyl (C=O) groups excluding carboxylic acids is 1. The summed E-state index contributed by atoms with van der Waals surface area (Å²) in [5.41, 5.74) is 0.816. The topological polar surface area (TPSA) is 84.9 Å². The van der Waals surface area contributed by atoms with E-state index in [9.17, 15) is 13.2 Å². The minimum absolute atomic E-state index is 0.0891. The van der Waals surface area contributed by atoms with Crippen LogP contribution in [0.4, 0.5) is 0 Å². The average Bonchev–Trinajstić information content (AvgIpc) is 2.50. The summed E-state index contributed by atoms with van der Waals surface area (Å²) in [7, 11) is -0.742. The largest absolute Gasteiger partial charge is 0.495 e. The molecule has 1 N–H and O–H groups in total. The molecule has 0 aliphatic rings. The quantitative estimate of drug-likeness (QED) is 0.715. The van der Waals surface area contributed by atoms with Gasteiger partial charge >= 0.3 is 0 Å². The second-order valence-corrected chi connectivity index (χ2v) is 6.79. The van der Waals surface area contributed by atoms with Crippen LogP contribution in [0, 0.1) is 6.92 Å². The van der Waals surface area contributed by atoms with Crippen molar-refractivity contribution < 1.29 is 22.7 Å².